The first-order chi connectivity index (χ1) is 14.7. The van der Waals surface area contributed by atoms with Crippen molar-refractivity contribution in [2.75, 3.05) is 31.1 Å². The Bertz CT molecular complexity index is 1130. The van der Waals surface area contributed by atoms with Gasteiger partial charge in [0.25, 0.3) is 5.91 Å². The Kier molecular flexibility index (Phi) is 5.73. The van der Waals surface area contributed by atoms with Gasteiger partial charge in [0.1, 0.15) is 11.9 Å². The van der Waals surface area contributed by atoms with Crippen LogP contribution >= 0.6 is 0 Å². The summed E-state index contributed by atoms with van der Waals surface area (Å²) in [7, 11) is 0. The molecule has 2 aromatic carbocycles. The lowest BCUT2D eigenvalue weighted by atomic mass is 10.1. The third kappa shape index (κ3) is 4.48. The van der Waals surface area contributed by atoms with Crippen LogP contribution in [0, 0.1) is 23.2 Å². The van der Waals surface area contributed by atoms with E-state index < -0.39 is 0 Å². The molecular weight excluding hydrogens is 372 g/mol. The smallest absolute Gasteiger partial charge is 0.254 e. The number of pyridine rings is 1. The summed E-state index contributed by atoms with van der Waals surface area (Å²) in [6, 6.07) is 23.0. The predicted molar refractivity (Wildman–Crippen MR) is 116 cm³/mol. The van der Waals surface area contributed by atoms with Gasteiger partial charge in [0.15, 0.2) is 0 Å². The zero-order chi connectivity index (χ0) is 20.8. The minimum absolute atomic E-state index is 0.0193. The molecule has 0 saturated carbocycles. The molecule has 1 fully saturated rings. The second kappa shape index (κ2) is 8.94. The van der Waals surface area contributed by atoms with Gasteiger partial charge in [-0.25, -0.2) is 4.98 Å². The van der Waals surface area contributed by atoms with Crippen molar-refractivity contribution < 1.29 is 4.79 Å². The van der Waals surface area contributed by atoms with E-state index in [1.54, 1.807) is 12.3 Å². The molecular formula is C25H20N4O. The molecule has 5 heteroatoms. The Hall–Kier alpha value is -4.09. The predicted octanol–water partition coefficient (Wildman–Crippen LogP) is 3.32. The third-order valence-electron chi connectivity index (χ3n) is 5.00. The number of hydrogen-bond donors (Lipinski definition) is 0. The van der Waals surface area contributed by atoms with E-state index in [1.807, 2.05) is 65.6 Å². The molecule has 0 radical (unpaired) electrons. The standard InChI is InChI=1S/C25H20N4O/c26-18-22-11-12-24(27-19-22)28-13-15-29(16-14-28)25(30)23-8-4-7-21(17-23)10-9-20-5-2-1-3-6-20/h1-8,11-12,17,19H,13-16H2. The normalized spacial score (nSPS) is 13.2. The van der Waals surface area contributed by atoms with Gasteiger partial charge in [-0.15, -0.1) is 0 Å². The maximum absolute atomic E-state index is 13.0. The highest BCUT2D eigenvalue weighted by atomic mass is 16.2. The highest BCUT2D eigenvalue weighted by Gasteiger charge is 2.23. The Morgan fingerprint density at radius 3 is 2.27 bits per heavy atom. The zero-order valence-electron chi connectivity index (χ0n) is 16.5. The number of hydrogen-bond acceptors (Lipinski definition) is 4. The Balaban J connectivity index is 1.41. The molecule has 0 aliphatic carbocycles. The fourth-order valence-corrected chi connectivity index (χ4v) is 3.36. The molecule has 0 spiro atoms. The number of rotatable bonds is 2. The van der Waals surface area contributed by atoms with E-state index >= 15 is 0 Å². The summed E-state index contributed by atoms with van der Waals surface area (Å²) in [5.41, 5.74) is 2.97. The molecule has 3 aromatic rings. The van der Waals surface area contributed by atoms with Gasteiger partial charge in [0.05, 0.1) is 5.56 Å². The molecule has 30 heavy (non-hydrogen) atoms. The molecule has 146 valence electrons. The maximum Gasteiger partial charge on any atom is 0.254 e. The Morgan fingerprint density at radius 2 is 1.57 bits per heavy atom. The van der Waals surface area contributed by atoms with Gasteiger partial charge in [-0.2, -0.15) is 5.26 Å². The van der Waals surface area contributed by atoms with E-state index in [1.165, 1.54) is 0 Å². The first kappa shape index (κ1) is 19.2. The molecule has 5 nitrogen and oxygen atoms in total. The molecule has 0 N–H and O–H groups in total. The van der Waals surface area contributed by atoms with Crippen LogP contribution in [0.25, 0.3) is 0 Å². The van der Waals surface area contributed by atoms with Crippen LogP contribution in [0.4, 0.5) is 5.82 Å². The van der Waals surface area contributed by atoms with Crippen LogP contribution in [-0.2, 0) is 0 Å². The molecule has 0 unspecified atom stereocenters. The lowest BCUT2D eigenvalue weighted by Gasteiger charge is -2.35. The van der Waals surface area contributed by atoms with Gasteiger partial charge < -0.3 is 9.80 Å². The van der Waals surface area contributed by atoms with Crippen molar-refractivity contribution in [1.29, 1.82) is 5.26 Å². The van der Waals surface area contributed by atoms with Gasteiger partial charge in [0.2, 0.25) is 0 Å². The van der Waals surface area contributed by atoms with Crippen LogP contribution in [0.1, 0.15) is 27.0 Å². The van der Waals surface area contributed by atoms with Gasteiger partial charge in [-0.05, 0) is 42.5 Å². The summed E-state index contributed by atoms with van der Waals surface area (Å²) < 4.78 is 0. The molecule has 1 aliphatic heterocycles. The number of carbonyl (C=O) groups is 1. The molecule has 1 aliphatic rings. The summed E-state index contributed by atoms with van der Waals surface area (Å²) in [5.74, 6) is 7.12. The van der Waals surface area contributed by atoms with Gasteiger partial charge in [-0.3, -0.25) is 4.79 Å². The average Bonchev–Trinajstić information content (AvgIpc) is 2.83. The van der Waals surface area contributed by atoms with E-state index in [2.05, 4.69) is 27.8 Å². The SMILES string of the molecule is N#Cc1ccc(N2CCN(C(=O)c3cccc(C#Cc4ccccc4)c3)CC2)nc1. The monoisotopic (exact) mass is 392 g/mol. The van der Waals surface area contributed by atoms with Crippen molar-refractivity contribution in [3.63, 3.8) is 0 Å². The fourth-order valence-electron chi connectivity index (χ4n) is 3.36. The molecule has 1 aromatic heterocycles. The number of benzene rings is 2. The topological polar surface area (TPSA) is 60.2 Å². The van der Waals surface area contributed by atoms with Crippen LogP contribution in [0.2, 0.25) is 0 Å². The largest absolute Gasteiger partial charge is 0.353 e. The van der Waals surface area contributed by atoms with Crippen LogP contribution < -0.4 is 4.90 Å². The number of piperazine rings is 1. The van der Waals surface area contributed by atoms with Crippen molar-refractivity contribution in [2.24, 2.45) is 0 Å². The van der Waals surface area contributed by atoms with E-state index in [-0.39, 0.29) is 5.91 Å². The van der Waals surface area contributed by atoms with Crippen molar-refractivity contribution >= 4 is 11.7 Å². The summed E-state index contributed by atoms with van der Waals surface area (Å²) in [4.78, 5) is 21.3. The molecule has 0 atom stereocenters. The molecule has 0 bridgehead atoms. The third-order valence-corrected chi connectivity index (χ3v) is 5.00. The zero-order valence-corrected chi connectivity index (χ0v) is 16.5. The van der Waals surface area contributed by atoms with E-state index in [4.69, 9.17) is 5.26 Å². The summed E-state index contributed by atoms with van der Waals surface area (Å²) in [6.07, 6.45) is 1.58. The van der Waals surface area contributed by atoms with Crippen LogP contribution in [0.15, 0.2) is 72.9 Å². The number of carbonyl (C=O) groups excluding carboxylic acids is 1. The Morgan fingerprint density at radius 1 is 0.833 bits per heavy atom. The molecule has 2 heterocycles. The maximum atomic E-state index is 13.0. The highest BCUT2D eigenvalue weighted by molar-refractivity contribution is 5.94. The molecule has 1 amide bonds. The first-order valence-electron chi connectivity index (χ1n) is 9.80. The van der Waals surface area contributed by atoms with E-state index in [0.717, 1.165) is 16.9 Å². The highest BCUT2D eigenvalue weighted by Crippen LogP contribution is 2.16. The summed E-state index contributed by atoms with van der Waals surface area (Å²) in [6.45, 7) is 2.66. The van der Waals surface area contributed by atoms with Crippen molar-refractivity contribution in [3.8, 4) is 17.9 Å². The Labute approximate surface area is 176 Å². The van der Waals surface area contributed by atoms with Crippen molar-refractivity contribution in [3.05, 3.63) is 95.2 Å². The number of nitrogens with zero attached hydrogens (tertiary/aromatic N) is 4. The van der Waals surface area contributed by atoms with Crippen LogP contribution in [0.3, 0.4) is 0 Å². The second-order valence-electron chi connectivity index (χ2n) is 6.99. The minimum atomic E-state index is 0.0193. The number of nitriles is 1. The average molecular weight is 392 g/mol. The van der Waals surface area contributed by atoms with Gasteiger partial charge in [-0.1, -0.05) is 36.1 Å². The number of amides is 1. The minimum Gasteiger partial charge on any atom is -0.353 e. The fraction of sp³-hybridized carbons (Fsp3) is 0.160. The lowest BCUT2D eigenvalue weighted by Crippen LogP contribution is -2.49. The van der Waals surface area contributed by atoms with Gasteiger partial charge in [0, 0.05) is 49.1 Å². The summed E-state index contributed by atoms with van der Waals surface area (Å²) in [5, 5.41) is 8.90. The first-order valence-corrected chi connectivity index (χ1v) is 9.80. The quantitative estimate of drug-likeness (QED) is 0.628. The van der Waals surface area contributed by atoms with Crippen molar-refractivity contribution in [2.45, 2.75) is 0 Å². The molecule has 4 rings (SSSR count). The molecule has 1 saturated heterocycles. The van der Waals surface area contributed by atoms with E-state index in [9.17, 15) is 4.79 Å². The number of aromatic nitrogens is 1. The summed E-state index contributed by atoms with van der Waals surface area (Å²) >= 11 is 0. The number of anilines is 1. The van der Waals surface area contributed by atoms with Crippen molar-refractivity contribution in [1.82, 2.24) is 9.88 Å². The second-order valence-corrected chi connectivity index (χ2v) is 6.99. The lowest BCUT2D eigenvalue weighted by molar-refractivity contribution is 0.0746. The van der Waals surface area contributed by atoms with E-state index in [0.29, 0.717) is 37.3 Å². The van der Waals surface area contributed by atoms with Gasteiger partial charge >= 0.3 is 0 Å². The van der Waals surface area contributed by atoms with Crippen LogP contribution in [0.5, 0.6) is 0 Å². The van der Waals surface area contributed by atoms with Crippen LogP contribution in [-0.4, -0.2) is 42.0 Å².